The highest BCUT2D eigenvalue weighted by Gasteiger charge is 2.27. The zero-order valence-corrected chi connectivity index (χ0v) is 18.3. The number of methoxy groups -OCH3 is 1. The second-order valence-electron chi connectivity index (χ2n) is 7.85. The third kappa shape index (κ3) is 4.33. The van der Waals surface area contributed by atoms with Crippen molar-refractivity contribution < 1.29 is 9.53 Å². The van der Waals surface area contributed by atoms with Crippen LogP contribution in [0.2, 0.25) is 0 Å². The lowest BCUT2D eigenvalue weighted by Crippen LogP contribution is -2.52. The molecule has 0 radical (unpaired) electrons. The van der Waals surface area contributed by atoms with Crippen LogP contribution in [0.15, 0.2) is 0 Å². The molecule has 1 saturated heterocycles. The van der Waals surface area contributed by atoms with E-state index in [1.807, 2.05) is 16.2 Å². The summed E-state index contributed by atoms with van der Waals surface area (Å²) in [7, 11) is 1.68. The van der Waals surface area contributed by atoms with E-state index >= 15 is 0 Å². The number of ether oxygens (including phenoxy) is 1. The number of carbonyl (C=O) groups is 1. The summed E-state index contributed by atoms with van der Waals surface area (Å²) in [6.45, 7) is 6.34. The highest BCUT2D eigenvalue weighted by Crippen LogP contribution is 2.40. The SMILES string of the molecule is CCCCNC(=O)N1CCN(c2nc(COC)nc3sc4c(c23)CCCC4)CC1. The van der Waals surface area contributed by atoms with Crippen molar-refractivity contribution in [3.05, 3.63) is 16.3 Å². The average molecular weight is 418 g/mol. The standard InChI is InChI=1S/C21H31N5O2S/c1-3-4-9-22-21(27)26-12-10-25(11-13-26)19-18-15-7-5-6-8-16(15)29-20(18)24-17(23-19)14-28-2/h3-14H2,1-2H3,(H,22,27). The molecule has 1 aliphatic heterocycles. The average Bonchev–Trinajstić information content (AvgIpc) is 3.12. The first-order chi connectivity index (χ1) is 14.2. The van der Waals surface area contributed by atoms with Crippen molar-refractivity contribution in [2.45, 2.75) is 52.1 Å². The largest absolute Gasteiger partial charge is 0.377 e. The van der Waals surface area contributed by atoms with Crippen molar-refractivity contribution in [3.63, 3.8) is 0 Å². The predicted octanol–water partition coefficient (Wildman–Crippen LogP) is 3.35. The number of aromatic nitrogens is 2. The number of hydrogen-bond donors (Lipinski definition) is 1. The van der Waals surface area contributed by atoms with Crippen LogP contribution in [0.5, 0.6) is 0 Å². The Kier molecular flexibility index (Phi) is 6.50. The Balaban J connectivity index is 1.55. The van der Waals surface area contributed by atoms with E-state index in [-0.39, 0.29) is 6.03 Å². The molecule has 158 valence electrons. The van der Waals surface area contributed by atoms with Gasteiger partial charge in [0.05, 0.1) is 5.39 Å². The molecule has 0 spiro atoms. The molecule has 0 saturated carbocycles. The fourth-order valence-electron chi connectivity index (χ4n) is 4.21. The van der Waals surface area contributed by atoms with Gasteiger partial charge in [-0.15, -0.1) is 11.3 Å². The van der Waals surface area contributed by atoms with E-state index in [9.17, 15) is 4.79 Å². The number of unbranched alkanes of at least 4 members (excludes halogenated alkanes) is 1. The molecule has 2 aliphatic rings. The van der Waals surface area contributed by atoms with Gasteiger partial charge in [0.2, 0.25) is 0 Å². The number of piperazine rings is 1. The van der Waals surface area contributed by atoms with Crippen LogP contribution in [0.4, 0.5) is 10.6 Å². The highest BCUT2D eigenvalue weighted by molar-refractivity contribution is 7.19. The third-order valence-corrected chi connectivity index (χ3v) is 6.97. The second kappa shape index (κ2) is 9.26. The Labute approximate surface area is 176 Å². The van der Waals surface area contributed by atoms with Gasteiger partial charge in [-0.1, -0.05) is 13.3 Å². The Hall–Kier alpha value is -1.93. The minimum Gasteiger partial charge on any atom is -0.377 e. The monoisotopic (exact) mass is 417 g/mol. The van der Waals surface area contributed by atoms with E-state index < -0.39 is 0 Å². The van der Waals surface area contributed by atoms with Crippen molar-refractivity contribution >= 4 is 33.4 Å². The molecule has 2 aromatic rings. The van der Waals surface area contributed by atoms with Crippen molar-refractivity contribution in [2.24, 2.45) is 0 Å². The molecule has 0 aromatic carbocycles. The Bertz CT molecular complexity index is 860. The van der Waals surface area contributed by atoms with E-state index in [1.54, 1.807) is 7.11 Å². The van der Waals surface area contributed by atoms with Crippen molar-refractivity contribution in [1.82, 2.24) is 20.2 Å². The van der Waals surface area contributed by atoms with Gasteiger partial charge >= 0.3 is 6.03 Å². The van der Waals surface area contributed by atoms with Gasteiger partial charge in [-0.2, -0.15) is 0 Å². The van der Waals surface area contributed by atoms with E-state index in [2.05, 4.69) is 17.1 Å². The fourth-order valence-corrected chi connectivity index (χ4v) is 5.48. The molecule has 1 N–H and O–H groups in total. The molecule has 4 rings (SSSR count). The maximum absolute atomic E-state index is 12.4. The van der Waals surface area contributed by atoms with Crippen LogP contribution in [0.1, 0.15) is 48.9 Å². The molecule has 1 fully saturated rings. The van der Waals surface area contributed by atoms with Crippen molar-refractivity contribution in [2.75, 3.05) is 44.7 Å². The quantitative estimate of drug-likeness (QED) is 0.730. The maximum Gasteiger partial charge on any atom is 0.317 e. The number of fused-ring (bicyclic) bond motifs is 3. The Morgan fingerprint density at radius 1 is 1.17 bits per heavy atom. The number of rotatable bonds is 6. The zero-order valence-electron chi connectivity index (χ0n) is 17.5. The van der Waals surface area contributed by atoms with E-state index in [4.69, 9.17) is 14.7 Å². The number of hydrogen-bond acceptors (Lipinski definition) is 6. The number of anilines is 1. The van der Waals surface area contributed by atoms with Gasteiger partial charge in [-0.25, -0.2) is 14.8 Å². The number of amides is 2. The van der Waals surface area contributed by atoms with Gasteiger partial charge in [-0.3, -0.25) is 0 Å². The molecular formula is C21H31N5O2S. The first-order valence-electron chi connectivity index (χ1n) is 10.8. The molecule has 2 amide bonds. The summed E-state index contributed by atoms with van der Waals surface area (Å²) in [5.41, 5.74) is 1.45. The summed E-state index contributed by atoms with van der Waals surface area (Å²) < 4.78 is 5.32. The zero-order chi connectivity index (χ0) is 20.2. The van der Waals surface area contributed by atoms with Gasteiger partial charge < -0.3 is 19.9 Å². The maximum atomic E-state index is 12.4. The van der Waals surface area contributed by atoms with Crippen LogP contribution in [0.25, 0.3) is 10.2 Å². The molecule has 0 atom stereocenters. The summed E-state index contributed by atoms with van der Waals surface area (Å²) in [4.78, 5) is 28.9. The number of carbonyl (C=O) groups excluding carboxylic acids is 1. The summed E-state index contributed by atoms with van der Waals surface area (Å²) in [6.07, 6.45) is 6.89. The molecule has 0 bridgehead atoms. The minimum absolute atomic E-state index is 0.0546. The first kappa shape index (κ1) is 20.3. The minimum atomic E-state index is 0.0546. The van der Waals surface area contributed by atoms with Gasteiger partial charge in [0, 0.05) is 44.7 Å². The number of nitrogens with one attached hydrogen (secondary N) is 1. The summed E-state index contributed by atoms with van der Waals surface area (Å²) in [5.74, 6) is 1.78. The third-order valence-electron chi connectivity index (χ3n) is 5.79. The number of nitrogens with zero attached hydrogens (tertiary/aromatic N) is 4. The van der Waals surface area contributed by atoms with Crippen LogP contribution in [-0.4, -0.2) is 60.7 Å². The second-order valence-corrected chi connectivity index (χ2v) is 8.93. The van der Waals surface area contributed by atoms with Crippen molar-refractivity contribution in [3.8, 4) is 0 Å². The summed E-state index contributed by atoms with van der Waals surface area (Å²) in [6, 6.07) is 0.0546. The molecule has 2 aromatic heterocycles. The number of thiophene rings is 1. The van der Waals surface area contributed by atoms with E-state index in [1.165, 1.54) is 28.7 Å². The Morgan fingerprint density at radius 3 is 2.72 bits per heavy atom. The summed E-state index contributed by atoms with van der Waals surface area (Å²) in [5, 5.41) is 4.27. The van der Waals surface area contributed by atoms with E-state index in [0.29, 0.717) is 6.61 Å². The first-order valence-corrected chi connectivity index (χ1v) is 11.6. The predicted molar refractivity (Wildman–Crippen MR) is 117 cm³/mol. The number of urea groups is 1. The van der Waals surface area contributed by atoms with Crippen molar-refractivity contribution in [1.29, 1.82) is 0 Å². The normalized spacial score (nSPS) is 16.9. The lowest BCUT2D eigenvalue weighted by atomic mass is 9.97. The molecule has 0 unspecified atom stereocenters. The van der Waals surface area contributed by atoms with Crippen LogP contribution in [0.3, 0.4) is 0 Å². The van der Waals surface area contributed by atoms with Gasteiger partial charge in [0.1, 0.15) is 17.3 Å². The van der Waals surface area contributed by atoms with Crippen LogP contribution in [0, 0.1) is 0 Å². The molecule has 1 aliphatic carbocycles. The Morgan fingerprint density at radius 2 is 1.97 bits per heavy atom. The fraction of sp³-hybridized carbons (Fsp3) is 0.667. The van der Waals surface area contributed by atoms with Gasteiger partial charge in [0.15, 0.2) is 5.82 Å². The van der Waals surface area contributed by atoms with Gasteiger partial charge in [-0.05, 0) is 37.7 Å². The lowest BCUT2D eigenvalue weighted by molar-refractivity contribution is 0.178. The molecular weight excluding hydrogens is 386 g/mol. The number of aryl methyl sites for hydroxylation is 2. The molecule has 7 nitrogen and oxygen atoms in total. The van der Waals surface area contributed by atoms with Gasteiger partial charge in [0.25, 0.3) is 0 Å². The lowest BCUT2D eigenvalue weighted by Gasteiger charge is -2.36. The van der Waals surface area contributed by atoms with Crippen LogP contribution >= 0.6 is 11.3 Å². The van der Waals surface area contributed by atoms with E-state index in [0.717, 1.165) is 74.9 Å². The summed E-state index contributed by atoms with van der Waals surface area (Å²) >= 11 is 1.83. The highest BCUT2D eigenvalue weighted by atomic mass is 32.1. The molecule has 3 heterocycles. The topological polar surface area (TPSA) is 70.6 Å². The molecule has 29 heavy (non-hydrogen) atoms. The van der Waals surface area contributed by atoms with Crippen LogP contribution in [-0.2, 0) is 24.2 Å². The molecule has 8 heteroatoms. The van der Waals surface area contributed by atoms with Crippen LogP contribution < -0.4 is 10.2 Å². The smallest absolute Gasteiger partial charge is 0.317 e.